The summed E-state index contributed by atoms with van der Waals surface area (Å²) in [4.78, 5) is 2.38. The first-order valence-corrected chi connectivity index (χ1v) is 21.4. The lowest BCUT2D eigenvalue weighted by Gasteiger charge is -2.26. The van der Waals surface area contributed by atoms with Gasteiger partial charge in [0.25, 0.3) is 0 Å². The van der Waals surface area contributed by atoms with Gasteiger partial charge in [0.15, 0.2) is 0 Å². The molecule has 0 fully saturated rings. The number of hydrogen-bond donors (Lipinski definition) is 0. The molecule has 2 heteroatoms. The number of thiophene rings is 1. The van der Waals surface area contributed by atoms with Crippen molar-refractivity contribution in [3.05, 3.63) is 224 Å². The molecule has 280 valence electrons. The Balaban J connectivity index is 0.963. The van der Waals surface area contributed by atoms with E-state index in [9.17, 15) is 0 Å². The average molecular weight is 780 g/mol. The highest BCUT2D eigenvalue weighted by Crippen LogP contribution is 2.42. The summed E-state index contributed by atoms with van der Waals surface area (Å²) < 4.78 is 2.65. The van der Waals surface area contributed by atoms with Gasteiger partial charge in [-0.2, -0.15) is 0 Å². The van der Waals surface area contributed by atoms with E-state index in [2.05, 4.69) is 229 Å². The Bertz CT molecular complexity index is 3420. The van der Waals surface area contributed by atoms with Crippen LogP contribution < -0.4 is 4.90 Å². The maximum Gasteiger partial charge on any atom is 0.0462 e. The molecule has 1 heterocycles. The molecule has 12 aromatic rings. The molecule has 60 heavy (non-hydrogen) atoms. The van der Waals surface area contributed by atoms with Gasteiger partial charge >= 0.3 is 0 Å². The molecule has 12 rings (SSSR count). The lowest BCUT2D eigenvalue weighted by atomic mass is 9.93. The van der Waals surface area contributed by atoms with Crippen molar-refractivity contribution in [1.82, 2.24) is 0 Å². The van der Waals surface area contributed by atoms with Gasteiger partial charge in [0.05, 0.1) is 0 Å². The third kappa shape index (κ3) is 5.76. The monoisotopic (exact) mass is 779 g/mol. The minimum Gasteiger partial charge on any atom is -0.311 e. The average Bonchev–Trinajstić information content (AvgIpc) is 3.70. The highest BCUT2D eigenvalue weighted by molar-refractivity contribution is 7.25. The molecule has 0 radical (unpaired) electrons. The molecule has 0 bridgehead atoms. The maximum atomic E-state index is 2.38. The Hall–Kier alpha value is -7.52. The Kier molecular flexibility index (Phi) is 8.11. The molecule has 11 aromatic carbocycles. The minimum atomic E-state index is 1.10. The highest BCUT2D eigenvalue weighted by Gasteiger charge is 2.16. The van der Waals surface area contributed by atoms with Gasteiger partial charge < -0.3 is 4.90 Å². The first-order chi connectivity index (χ1) is 29.7. The first-order valence-electron chi connectivity index (χ1n) is 20.6. The summed E-state index contributed by atoms with van der Waals surface area (Å²) in [6.45, 7) is 0. The zero-order valence-electron chi connectivity index (χ0n) is 32.7. The van der Waals surface area contributed by atoms with E-state index in [0.717, 1.165) is 17.1 Å². The highest BCUT2D eigenvalue weighted by atomic mass is 32.1. The second-order valence-corrected chi connectivity index (χ2v) is 16.8. The van der Waals surface area contributed by atoms with Crippen molar-refractivity contribution in [2.24, 2.45) is 0 Å². The molecular formula is C58H37NS. The van der Waals surface area contributed by atoms with Crippen molar-refractivity contribution in [1.29, 1.82) is 0 Å². The molecule has 1 nitrogen and oxygen atoms in total. The fourth-order valence-electron chi connectivity index (χ4n) is 9.32. The van der Waals surface area contributed by atoms with E-state index in [1.54, 1.807) is 0 Å². The van der Waals surface area contributed by atoms with E-state index in [-0.39, 0.29) is 0 Å². The fraction of sp³-hybridized carbons (Fsp3) is 0. The molecule has 0 atom stereocenters. The van der Waals surface area contributed by atoms with E-state index >= 15 is 0 Å². The summed E-state index contributed by atoms with van der Waals surface area (Å²) in [5.74, 6) is 0. The molecule has 0 unspecified atom stereocenters. The topological polar surface area (TPSA) is 3.24 Å². The summed E-state index contributed by atoms with van der Waals surface area (Å²) in [5.41, 5.74) is 10.6. The number of anilines is 3. The smallest absolute Gasteiger partial charge is 0.0462 e. The van der Waals surface area contributed by atoms with E-state index in [1.807, 2.05) is 11.3 Å². The van der Waals surface area contributed by atoms with Crippen molar-refractivity contribution in [3.63, 3.8) is 0 Å². The minimum absolute atomic E-state index is 1.10. The summed E-state index contributed by atoms with van der Waals surface area (Å²) in [5, 5.41) is 12.8. The van der Waals surface area contributed by atoms with Gasteiger partial charge in [-0.05, 0) is 143 Å². The molecule has 0 saturated heterocycles. The second kappa shape index (κ2) is 14.1. The quantitative estimate of drug-likeness (QED) is 0.152. The van der Waals surface area contributed by atoms with E-state index in [1.165, 1.54) is 96.6 Å². The zero-order chi connectivity index (χ0) is 39.6. The predicted octanol–water partition coefficient (Wildman–Crippen LogP) is 17.1. The third-order valence-electron chi connectivity index (χ3n) is 12.2. The maximum absolute atomic E-state index is 2.38. The van der Waals surface area contributed by atoms with Crippen LogP contribution in [0.1, 0.15) is 0 Å². The fourth-order valence-corrected chi connectivity index (χ4v) is 10.4. The van der Waals surface area contributed by atoms with Crippen molar-refractivity contribution < 1.29 is 0 Å². The zero-order valence-corrected chi connectivity index (χ0v) is 33.5. The molecule has 0 saturated carbocycles. The number of nitrogens with zero attached hydrogens (tertiary/aromatic N) is 1. The normalized spacial score (nSPS) is 11.7. The van der Waals surface area contributed by atoms with E-state index < -0.39 is 0 Å². The molecule has 0 aliphatic heterocycles. The predicted molar refractivity (Wildman–Crippen MR) is 260 cm³/mol. The molecule has 0 N–H and O–H groups in total. The third-order valence-corrected chi connectivity index (χ3v) is 13.4. The van der Waals surface area contributed by atoms with Crippen molar-refractivity contribution >= 4 is 91.7 Å². The molecular weight excluding hydrogens is 743 g/mol. The van der Waals surface area contributed by atoms with Crippen molar-refractivity contribution in [3.8, 4) is 33.4 Å². The Labute approximate surface area is 352 Å². The van der Waals surface area contributed by atoms with Gasteiger partial charge in [-0.25, -0.2) is 0 Å². The number of benzene rings is 11. The molecule has 0 amide bonds. The van der Waals surface area contributed by atoms with Crippen LogP contribution in [0.2, 0.25) is 0 Å². The Morgan fingerprint density at radius 2 is 0.633 bits per heavy atom. The summed E-state index contributed by atoms with van der Waals surface area (Å²) >= 11 is 1.86. The van der Waals surface area contributed by atoms with Crippen LogP contribution in [0.15, 0.2) is 224 Å². The lowest BCUT2D eigenvalue weighted by Crippen LogP contribution is -2.09. The van der Waals surface area contributed by atoms with Gasteiger partial charge in [-0.3, -0.25) is 0 Å². The van der Waals surface area contributed by atoms with Crippen LogP contribution in [0.5, 0.6) is 0 Å². The van der Waals surface area contributed by atoms with Crippen molar-refractivity contribution in [2.45, 2.75) is 0 Å². The number of rotatable bonds is 6. The van der Waals surface area contributed by atoms with Crippen LogP contribution in [0.4, 0.5) is 17.1 Å². The van der Waals surface area contributed by atoms with Crippen molar-refractivity contribution in [2.75, 3.05) is 4.90 Å². The SMILES string of the molecule is c1ccc2c(c1)cc(-c1ccc(N(c3ccc(-c4ccc5sc6ccccc6c5c4)cc3)c3ccc(-c4cc5ccccc5c5ccccc45)cc3)cc1)c1ccccc12. The largest absolute Gasteiger partial charge is 0.311 e. The summed E-state index contributed by atoms with van der Waals surface area (Å²) in [7, 11) is 0. The summed E-state index contributed by atoms with van der Waals surface area (Å²) in [6.07, 6.45) is 0. The lowest BCUT2D eigenvalue weighted by molar-refractivity contribution is 1.28. The molecule has 0 aliphatic carbocycles. The van der Waals surface area contributed by atoms with Gasteiger partial charge in [-0.15, -0.1) is 11.3 Å². The van der Waals surface area contributed by atoms with Crippen LogP contribution in [-0.2, 0) is 0 Å². The molecule has 0 aliphatic rings. The number of hydrogen-bond acceptors (Lipinski definition) is 2. The second-order valence-electron chi connectivity index (χ2n) is 15.7. The molecule has 1 aromatic heterocycles. The van der Waals surface area contributed by atoms with Crippen LogP contribution in [0, 0.1) is 0 Å². The van der Waals surface area contributed by atoms with Crippen LogP contribution in [0.3, 0.4) is 0 Å². The van der Waals surface area contributed by atoms with Crippen LogP contribution in [0.25, 0.3) is 96.6 Å². The standard InChI is InChI=1S/C58H37NS/c1-3-13-47-42(11-1)36-54(51-17-7-5-15-49(47)51)39-23-30-45(31-24-39)59(44-28-21-38(22-29-44)41-27-34-58-56(35-41)53-19-9-10-20-57(53)60-58)46-32-25-40(26-33-46)55-37-43-12-2-4-14-48(43)50-16-6-8-18-52(50)55/h1-37H. The Morgan fingerprint density at radius 3 is 1.15 bits per heavy atom. The van der Waals surface area contributed by atoms with Gasteiger partial charge in [-0.1, -0.05) is 158 Å². The van der Waals surface area contributed by atoms with E-state index in [0.29, 0.717) is 0 Å². The molecule has 0 spiro atoms. The van der Waals surface area contributed by atoms with Gasteiger partial charge in [0.2, 0.25) is 0 Å². The van der Waals surface area contributed by atoms with Gasteiger partial charge in [0.1, 0.15) is 0 Å². The first kappa shape index (κ1) is 34.5. The number of fused-ring (bicyclic) bond motifs is 9. The van der Waals surface area contributed by atoms with E-state index in [4.69, 9.17) is 0 Å². The van der Waals surface area contributed by atoms with Crippen LogP contribution >= 0.6 is 11.3 Å². The van der Waals surface area contributed by atoms with Crippen LogP contribution in [-0.4, -0.2) is 0 Å². The van der Waals surface area contributed by atoms with Gasteiger partial charge in [0, 0.05) is 37.2 Å². The summed E-state index contributed by atoms with van der Waals surface area (Å²) in [6, 6.07) is 82.5. The Morgan fingerprint density at radius 1 is 0.250 bits per heavy atom.